The summed E-state index contributed by atoms with van der Waals surface area (Å²) in [5.74, 6) is 0.805. The zero-order valence-corrected chi connectivity index (χ0v) is 23.2. The number of morpholine rings is 1. The molecule has 1 saturated heterocycles. The largest absolute Gasteiger partial charge is 0.482 e. The van der Waals surface area contributed by atoms with Crippen LogP contribution in [0.3, 0.4) is 0 Å². The SMILES string of the molecule is COc1cc2c(c(OC)n1)[C@]1(O)[C@H](O)[C@H](CN3CCOCC3)[C@@H](c3ccccc3)[C@]1(C1C=CC(C3CC3)=CC1)O2. The van der Waals surface area contributed by atoms with Crippen LogP contribution in [0.25, 0.3) is 0 Å². The van der Waals surface area contributed by atoms with Crippen LogP contribution in [-0.4, -0.2) is 78.9 Å². The van der Waals surface area contributed by atoms with Crippen molar-refractivity contribution < 1.29 is 29.2 Å². The number of aromatic nitrogens is 1. The van der Waals surface area contributed by atoms with Crippen LogP contribution >= 0.6 is 0 Å². The fourth-order valence-electron chi connectivity index (χ4n) is 7.81. The standard InChI is InChI=1S/C32H38N2O6/c1-37-26-18-25-28(30(33-26)38-2)31(36)29(35)24(19-34-14-16-39-17-15-34)27(22-6-4-3-5-7-22)32(31,40-25)23-12-10-21(11-13-23)20-8-9-20/h3-7,10-12,18,20,23-24,27,29,35-36H,8-9,13-17,19H2,1-2H3/t23?,24-,27-,29-,31+,32+/m1/s1. The third-order valence-electron chi connectivity index (χ3n) is 9.77. The lowest BCUT2D eigenvalue weighted by atomic mass is 9.65. The second-order valence-corrected chi connectivity index (χ2v) is 11.8. The molecule has 212 valence electrons. The van der Waals surface area contributed by atoms with Crippen LogP contribution in [0.4, 0.5) is 0 Å². The van der Waals surface area contributed by atoms with E-state index < -0.39 is 17.3 Å². The Morgan fingerprint density at radius 3 is 2.52 bits per heavy atom. The molecular weight excluding hydrogens is 508 g/mol. The van der Waals surface area contributed by atoms with E-state index in [2.05, 4.69) is 40.2 Å². The summed E-state index contributed by atoms with van der Waals surface area (Å²) in [6.45, 7) is 3.49. The van der Waals surface area contributed by atoms with Crippen molar-refractivity contribution in [3.8, 4) is 17.5 Å². The molecule has 0 radical (unpaired) electrons. The van der Waals surface area contributed by atoms with E-state index in [-0.39, 0.29) is 23.6 Å². The Labute approximate surface area is 235 Å². The van der Waals surface area contributed by atoms with E-state index in [0.29, 0.717) is 49.3 Å². The summed E-state index contributed by atoms with van der Waals surface area (Å²) in [7, 11) is 3.07. The summed E-state index contributed by atoms with van der Waals surface area (Å²) in [6, 6.07) is 11.9. The van der Waals surface area contributed by atoms with Gasteiger partial charge in [-0.05, 0) is 36.3 Å². The number of pyridine rings is 1. The van der Waals surface area contributed by atoms with Crippen LogP contribution in [0.1, 0.15) is 36.3 Å². The summed E-state index contributed by atoms with van der Waals surface area (Å²) in [6.07, 6.45) is 8.78. The van der Waals surface area contributed by atoms with E-state index in [9.17, 15) is 10.2 Å². The third kappa shape index (κ3) is 3.76. The van der Waals surface area contributed by atoms with Gasteiger partial charge in [-0.3, -0.25) is 4.90 Å². The van der Waals surface area contributed by atoms with Crippen molar-refractivity contribution in [3.63, 3.8) is 0 Å². The maximum Gasteiger partial charge on any atom is 0.226 e. The first-order chi connectivity index (χ1) is 19.5. The Bertz CT molecular complexity index is 1320. The van der Waals surface area contributed by atoms with Crippen LogP contribution in [0.5, 0.6) is 17.5 Å². The van der Waals surface area contributed by atoms with E-state index in [1.54, 1.807) is 13.2 Å². The molecule has 40 heavy (non-hydrogen) atoms. The molecule has 2 N–H and O–H groups in total. The lowest BCUT2D eigenvalue weighted by molar-refractivity contribution is -0.163. The van der Waals surface area contributed by atoms with Gasteiger partial charge in [-0.15, -0.1) is 0 Å². The number of ether oxygens (including phenoxy) is 4. The van der Waals surface area contributed by atoms with Crippen molar-refractivity contribution >= 4 is 0 Å². The van der Waals surface area contributed by atoms with Crippen LogP contribution in [0, 0.1) is 17.8 Å². The minimum Gasteiger partial charge on any atom is -0.482 e. The first kappa shape index (κ1) is 26.0. The molecule has 3 aliphatic carbocycles. The van der Waals surface area contributed by atoms with Gasteiger partial charge in [-0.1, -0.05) is 48.6 Å². The average molecular weight is 547 g/mol. The van der Waals surface area contributed by atoms with Crippen LogP contribution < -0.4 is 14.2 Å². The number of nitrogens with zero attached hydrogens (tertiary/aromatic N) is 2. The molecule has 8 nitrogen and oxygen atoms in total. The van der Waals surface area contributed by atoms with E-state index in [4.69, 9.17) is 18.9 Å². The first-order valence-electron chi connectivity index (χ1n) is 14.5. The number of allylic oxidation sites excluding steroid dienone is 3. The lowest BCUT2D eigenvalue weighted by Crippen LogP contribution is -2.58. The highest BCUT2D eigenvalue weighted by molar-refractivity contribution is 5.58. The zero-order valence-electron chi connectivity index (χ0n) is 23.2. The predicted molar refractivity (Wildman–Crippen MR) is 149 cm³/mol. The maximum absolute atomic E-state index is 13.1. The van der Waals surface area contributed by atoms with Gasteiger partial charge < -0.3 is 29.2 Å². The highest BCUT2D eigenvalue weighted by atomic mass is 16.5. The van der Waals surface area contributed by atoms with E-state index in [1.807, 2.05) is 18.2 Å². The number of hydrogen-bond acceptors (Lipinski definition) is 8. The number of aliphatic hydroxyl groups excluding tert-OH is 1. The van der Waals surface area contributed by atoms with Crippen molar-refractivity contribution in [2.75, 3.05) is 47.1 Å². The van der Waals surface area contributed by atoms with Crippen molar-refractivity contribution in [1.82, 2.24) is 9.88 Å². The van der Waals surface area contributed by atoms with Gasteiger partial charge in [-0.25, -0.2) is 0 Å². The normalized spacial score (nSPS) is 35.0. The van der Waals surface area contributed by atoms with Gasteiger partial charge in [-0.2, -0.15) is 4.98 Å². The predicted octanol–water partition coefficient (Wildman–Crippen LogP) is 3.44. The molecule has 7 rings (SSSR count). The Hall–Kier alpha value is -2.91. The maximum atomic E-state index is 13.1. The summed E-state index contributed by atoms with van der Waals surface area (Å²) in [4.78, 5) is 6.86. The number of methoxy groups -OCH3 is 2. The summed E-state index contributed by atoms with van der Waals surface area (Å²) < 4.78 is 23.9. The fraction of sp³-hybridized carbons (Fsp3) is 0.531. The van der Waals surface area contributed by atoms with Crippen LogP contribution in [0.15, 0.2) is 60.2 Å². The van der Waals surface area contributed by atoms with Gasteiger partial charge in [0.1, 0.15) is 5.75 Å². The molecule has 0 bridgehead atoms. The quantitative estimate of drug-likeness (QED) is 0.546. The molecule has 6 atom stereocenters. The molecule has 3 heterocycles. The lowest BCUT2D eigenvalue weighted by Gasteiger charge is -2.45. The van der Waals surface area contributed by atoms with Gasteiger partial charge in [0.2, 0.25) is 11.8 Å². The average Bonchev–Trinajstić information content (AvgIpc) is 3.79. The molecule has 0 amide bonds. The van der Waals surface area contributed by atoms with Crippen LogP contribution in [0.2, 0.25) is 0 Å². The van der Waals surface area contributed by atoms with Gasteiger partial charge in [0.05, 0.1) is 39.1 Å². The highest BCUT2D eigenvalue weighted by Crippen LogP contribution is 2.69. The van der Waals surface area contributed by atoms with Gasteiger partial charge in [0, 0.05) is 43.5 Å². The molecular formula is C32H38N2O6. The fourth-order valence-corrected chi connectivity index (χ4v) is 7.81. The summed E-state index contributed by atoms with van der Waals surface area (Å²) in [5, 5.41) is 25.5. The molecule has 1 unspecified atom stereocenters. The monoisotopic (exact) mass is 546 g/mol. The second-order valence-electron chi connectivity index (χ2n) is 11.8. The summed E-state index contributed by atoms with van der Waals surface area (Å²) in [5.41, 5.74) is -0.167. The minimum atomic E-state index is -1.77. The number of hydrogen-bond donors (Lipinski definition) is 2. The molecule has 2 aromatic rings. The number of fused-ring (bicyclic) bond motifs is 3. The smallest absolute Gasteiger partial charge is 0.226 e. The van der Waals surface area contributed by atoms with E-state index in [1.165, 1.54) is 25.5 Å². The van der Waals surface area contributed by atoms with Gasteiger partial charge >= 0.3 is 0 Å². The molecule has 8 heteroatoms. The number of rotatable bonds is 7. The zero-order chi connectivity index (χ0) is 27.5. The minimum absolute atomic E-state index is 0.197. The van der Waals surface area contributed by atoms with Gasteiger partial charge in [0.15, 0.2) is 11.2 Å². The summed E-state index contributed by atoms with van der Waals surface area (Å²) >= 11 is 0. The Morgan fingerprint density at radius 1 is 1.10 bits per heavy atom. The van der Waals surface area contributed by atoms with Crippen molar-refractivity contribution in [3.05, 3.63) is 71.3 Å². The topological polar surface area (TPSA) is 93.5 Å². The van der Waals surface area contributed by atoms with Crippen molar-refractivity contribution in [2.45, 2.75) is 42.5 Å². The molecule has 0 spiro atoms. The van der Waals surface area contributed by atoms with Crippen molar-refractivity contribution in [1.29, 1.82) is 0 Å². The Balaban J connectivity index is 1.42. The number of benzene rings is 1. The molecule has 1 aromatic heterocycles. The number of aliphatic hydroxyl groups is 2. The second kappa shape index (κ2) is 9.87. The Kier molecular flexibility index (Phi) is 6.42. The highest BCUT2D eigenvalue weighted by Gasteiger charge is 2.78. The van der Waals surface area contributed by atoms with Crippen molar-refractivity contribution in [2.24, 2.45) is 17.8 Å². The van der Waals surface area contributed by atoms with Crippen LogP contribution in [-0.2, 0) is 10.3 Å². The van der Waals surface area contributed by atoms with E-state index >= 15 is 0 Å². The third-order valence-corrected chi connectivity index (χ3v) is 9.77. The van der Waals surface area contributed by atoms with Gasteiger partial charge in [0.25, 0.3) is 0 Å². The first-order valence-corrected chi connectivity index (χ1v) is 14.5. The molecule has 2 aliphatic heterocycles. The molecule has 5 aliphatic rings. The molecule has 2 saturated carbocycles. The van der Waals surface area contributed by atoms with E-state index in [0.717, 1.165) is 18.7 Å². The molecule has 3 fully saturated rings. The molecule has 1 aromatic carbocycles. The Morgan fingerprint density at radius 2 is 1.88 bits per heavy atom.